The number of fused-ring (bicyclic) bond motifs is 3. The van der Waals surface area contributed by atoms with Crippen LogP contribution in [-0.4, -0.2) is 29.5 Å². The van der Waals surface area contributed by atoms with Crippen LogP contribution in [0.5, 0.6) is 0 Å². The topological polar surface area (TPSA) is 69.4 Å². The minimum Gasteiger partial charge on any atom is -0.292 e. The first kappa shape index (κ1) is 24.8. The number of aromatic nitrogens is 6. The number of benzene rings is 3. The predicted molar refractivity (Wildman–Crippen MR) is 171 cm³/mol. The van der Waals surface area contributed by atoms with E-state index < -0.39 is 0 Å². The maximum Gasteiger partial charge on any atom is 0.160 e. The van der Waals surface area contributed by atoms with Gasteiger partial charge in [-0.25, -0.2) is 15.0 Å². The van der Waals surface area contributed by atoms with Gasteiger partial charge < -0.3 is 0 Å². The van der Waals surface area contributed by atoms with Gasteiger partial charge in [0.1, 0.15) is 5.65 Å². The summed E-state index contributed by atoms with van der Waals surface area (Å²) in [7, 11) is 0. The lowest BCUT2D eigenvalue weighted by Crippen LogP contribution is -1.97. The monoisotopic (exact) mass is 552 g/mol. The van der Waals surface area contributed by atoms with E-state index in [-0.39, 0.29) is 0 Å². The Hall–Kier alpha value is -6.01. The average Bonchev–Trinajstić information content (AvgIpc) is 3.43. The summed E-state index contributed by atoms with van der Waals surface area (Å²) in [5.41, 5.74) is 10.8. The van der Waals surface area contributed by atoms with E-state index in [1.807, 2.05) is 67.1 Å². The Kier molecular flexibility index (Phi) is 6.01. The molecule has 0 bridgehead atoms. The summed E-state index contributed by atoms with van der Waals surface area (Å²) in [5.74, 6) is 0.686. The Balaban J connectivity index is 1.22. The van der Waals surface area contributed by atoms with Gasteiger partial charge in [0.05, 0.1) is 22.4 Å². The average molecular weight is 553 g/mol. The Morgan fingerprint density at radius 3 is 1.88 bits per heavy atom. The normalized spacial score (nSPS) is 11.3. The zero-order chi connectivity index (χ0) is 28.6. The van der Waals surface area contributed by atoms with Gasteiger partial charge in [0.25, 0.3) is 0 Å². The molecule has 0 atom stereocenters. The van der Waals surface area contributed by atoms with Crippen LogP contribution in [0.15, 0.2) is 146 Å². The van der Waals surface area contributed by atoms with Crippen LogP contribution in [0, 0.1) is 0 Å². The third-order valence-electron chi connectivity index (χ3n) is 7.64. The Bertz CT molecular complexity index is 2150. The standard InChI is InChI=1S/C37H24N6/c1-2-7-28(8-3-1)36-41-32(26-14-12-25(13-15-26)29-9-4-20-38-24-29)23-33(42-36)27-16-18-30(19-17-27)43-34-11-6-21-39-35(34)31-10-5-22-40-37(31)43/h1-24H. The van der Waals surface area contributed by atoms with Crippen LogP contribution in [0.25, 0.3) is 72.8 Å². The van der Waals surface area contributed by atoms with Crippen LogP contribution >= 0.6 is 0 Å². The summed E-state index contributed by atoms with van der Waals surface area (Å²) in [6, 6.07) is 41.1. The second kappa shape index (κ2) is 10.4. The molecular weight excluding hydrogens is 528 g/mol. The third-order valence-corrected chi connectivity index (χ3v) is 7.64. The highest BCUT2D eigenvalue weighted by atomic mass is 15.1. The van der Waals surface area contributed by atoms with Crippen LogP contribution in [0.3, 0.4) is 0 Å². The predicted octanol–water partition coefficient (Wildman–Crippen LogP) is 8.43. The molecule has 43 heavy (non-hydrogen) atoms. The van der Waals surface area contributed by atoms with Crippen LogP contribution in [0.2, 0.25) is 0 Å². The number of pyridine rings is 3. The van der Waals surface area contributed by atoms with Crippen LogP contribution in [0.4, 0.5) is 0 Å². The van der Waals surface area contributed by atoms with Gasteiger partial charge in [-0.15, -0.1) is 0 Å². The van der Waals surface area contributed by atoms with E-state index in [9.17, 15) is 0 Å². The van der Waals surface area contributed by atoms with Crippen LogP contribution in [-0.2, 0) is 0 Å². The fourth-order valence-corrected chi connectivity index (χ4v) is 5.53. The molecule has 8 rings (SSSR count). The first-order valence-corrected chi connectivity index (χ1v) is 14.1. The SMILES string of the molecule is c1ccc(-c2nc(-c3ccc(-c4cccnc4)cc3)cc(-c3ccc(-n4c5cccnc5c5cccnc54)cc3)n2)cc1. The molecule has 5 heterocycles. The van der Waals surface area contributed by atoms with Crippen LogP contribution < -0.4 is 0 Å². The van der Waals surface area contributed by atoms with Gasteiger partial charge in [-0.1, -0.05) is 72.8 Å². The lowest BCUT2D eigenvalue weighted by atomic mass is 10.0. The largest absolute Gasteiger partial charge is 0.292 e. The molecule has 0 amide bonds. The van der Waals surface area contributed by atoms with E-state index in [2.05, 4.69) is 87.3 Å². The van der Waals surface area contributed by atoms with E-state index >= 15 is 0 Å². The summed E-state index contributed by atoms with van der Waals surface area (Å²) in [6.07, 6.45) is 7.31. The molecule has 0 fully saturated rings. The number of rotatable bonds is 5. The minimum absolute atomic E-state index is 0.686. The molecule has 0 aliphatic heterocycles. The fraction of sp³-hybridized carbons (Fsp3) is 0. The maximum atomic E-state index is 5.01. The van der Waals surface area contributed by atoms with E-state index in [1.54, 1.807) is 6.20 Å². The summed E-state index contributed by atoms with van der Waals surface area (Å²) >= 11 is 0. The molecule has 202 valence electrons. The molecule has 6 nitrogen and oxygen atoms in total. The molecule has 8 aromatic rings. The lowest BCUT2D eigenvalue weighted by Gasteiger charge is -2.11. The highest BCUT2D eigenvalue weighted by molar-refractivity contribution is 6.05. The molecule has 0 saturated heterocycles. The van der Waals surface area contributed by atoms with Gasteiger partial charge in [-0.05, 0) is 59.7 Å². The van der Waals surface area contributed by atoms with Crippen LogP contribution in [0.1, 0.15) is 0 Å². The molecule has 3 aromatic carbocycles. The van der Waals surface area contributed by atoms with Gasteiger partial charge in [-0.3, -0.25) is 14.5 Å². The van der Waals surface area contributed by atoms with Crippen molar-refractivity contribution in [3.63, 3.8) is 0 Å². The molecule has 0 radical (unpaired) electrons. The maximum absolute atomic E-state index is 5.01. The van der Waals surface area contributed by atoms with Crippen molar-refractivity contribution in [2.24, 2.45) is 0 Å². The van der Waals surface area contributed by atoms with Gasteiger partial charge in [-0.2, -0.15) is 0 Å². The summed E-state index contributed by atoms with van der Waals surface area (Å²) in [4.78, 5) is 23.6. The lowest BCUT2D eigenvalue weighted by molar-refractivity contribution is 1.13. The highest BCUT2D eigenvalue weighted by Crippen LogP contribution is 2.32. The molecule has 0 aliphatic rings. The zero-order valence-electron chi connectivity index (χ0n) is 23.0. The number of hydrogen-bond donors (Lipinski definition) is 0. The summed E-state index contributed by atoms with van der Waals surface area (Å²) < 4.78 is 2.16. The minimum atomic E-state index is 0.686. The second-order valence-corrected chi connectivity index (χ2v) is 10.3. The first-order chi connectivity index (χ1) is 21.3. The van der Waals surface area contributed by atoms with Crippen molar-refractivity contribution >= 4 is 22.1 Å². The van der Waals surface area contributed by atoms with E-state index in [0.29, 0.717) is 5.82 Å². The van der Waals surface area contributed by atoms with Crippen molar-refractivity contribution in [1.29, 1.82) is 0 Å². The van der Waals surface area contributed by atoms with Gasteiger partial charge in [0.15, 0.2) is 5.82 Å². The Labute approximate surface area is 248 Å². The molecule has 6 heteroatoms. The Morgan fingerprint density at radius 2 is 1.14 bits per heavy atom. The van der Waals surface area contributed by atoms with Crippen molar-refractivity contribution < 1.29 is 0 Å². The van der Waals surface area contributed by atoms with Gasteiger partial charge in [0, 0.05) is 52.6 Å². The van der Waals surface area contributed by atoms with Crippen molar-refractivity contribution in [3.05, 3.63) is 146 Å². The third kappa shape index (κ3) is 4.51. The fourth-order valence-electron chi connectivity index (χ4n) is 5.53. The van der Waals surface area contributed by atoms with Gasteiger partial charge in [0.2, 0.25) is 0 Å². The quantitative estimate of drug-likeness (QED) is 0.214. The van der Waals surface area contributed by atoms with Crippen molar-refractivity contribution in [2.75, 3.05) is 0 Å². The second-order valence-electron chi connectivity index (χ2n) is 10.3. The Morgan fingerprint density at radius 1 is 0.488 bits per heavy atom. The molecule has 0 N–H and O–H groups in total. The smallest absolute Gasteiger partial charge is 0.160 e. The van der Waals surface area contributed by atoms with Crippen molar-refractivity contribution in [3.8, 4) is 50.7 Å². The highest BCUT2D eigenvalue weighted by Gasteiger charge is 2.15. The van der Waals surface area contributed by atoms with Crippen molar-refractivity contribution in [1.82, 2.24) is 29.5 Å². The number of nitrogens with zero attached hydrogens (tertiary/aromatic N) is 6. The zero-order valence-corrected chi connectivity index (χ0v) is 23.0. The first-order valence-electron chi connectivity index (χ1n) is 14.1. The van der Waals surface area contributed by atoms with E-state index in [4.69, 9.17) is 15.0 Å². The molecule has 0 saturated carbocycles. The molecule has 0 aliphatic carbocycles. The molecule has 5 aromatic heterocycles. The molecule has 0 spiro atoms. The van der Waals surface area contributed by atoms with E-state index in [1.165, 1.54) is 0 Å². The summed E-state index contributed by atoms with van der Waals surface area (Å²) in [6.45, 7) is 0. The molecule has 0 unspecified atom stereocenters. The van der Waals surface area contributed by atoms with Crippen molar-refractivity contribution in [2.45, 2.75) is 0 Å². The van der Waals surface area contributed by atoms with E-state index in [0.717, 1.165) is 67.0 Å². The van der Waals surface area contributed by atoms with Gasteiger partial charge >= 0.3 is 0 Å². The molecular formula is C37H24N6. The number of hydrogen-bond acceptors (Lipinski definition) is 5. The summed E-state index contributed by atoms with van der Waals surface area (Å²) in [5, 5.41) is 1.03.